The Balaban J connectivity index is 1.63. The predicted octanol–water partition coefficient (Wildman–Crippen LogP) is 2.59. The SMILES string of the molecule is Cc1cc(N(C)C2CCN(C(=O)c3cccc(N(C)C)c3)CC2)ncn1. The Morgan fingerprint density at radius 1 is 1.12 bits per heavy atom. The highest BCUT2D eigenvalue weighted by Crippen LogP contribution is 2.22. The van der Waals surface area contributed by atoms with Gasteiger partial charge in [-0.05, 0) is 38.0 Å². The molecule has 26 heavy (non-hydrogen) atoms. The lowest BCUT2D eigenvalue weighted by Crippen LogP contribution is -2.46. The van der Waals surface area contributed by atoms with Crippen molar-refractivity contribution in [2.24, 2.45) is 0 Å². The number of amides is 1. The van der Waals surface area contributed by atoms with Gasteiger partial charge >= 0.3 is 0 Å². The Morgan fingerprint density at radius 3 is 2.50 bits per heavy atom. The largest absolute Gasteiger partial charge is 0.378 e. The minimum absolute atomic E-state index is 0.118. The molecule has 138 valence electrons. The molecule has 3 rings (SSSR count). The summed E-state index contributed by atoms with van der Waals surface area (Å²) in [6, 6.07) is 10.2. The van der Waals surface area contributed by atoms with E-state index in [9.17, 15) is 4.79 Å². The second-order valence-corrected chi connectivity index (χ2v) is 7.10. The summed E-state index contributed by atoms with van der Waals surface area (Å²) in [6.45, 7) is 3.51. The number of benzene rings is 1. The molecule has 0 atom stereocenters. The first-order valence-electron chi connectivity index (χ1n) is 9.04. The van der Waals surface area contributed by atoms with Crippen LogP contribution in [0.4, 0.5) is 11.5 Å². The van der Waals surface area contributed by atoms with Gasteiger partial charge in [-0.2, -0.15) is 0 Å². The third-order valence-corrected chi connectivity index (χ3v) is 5.06. The van der Waals surface area contributed by atoms with Crippen LogP contribution < -0.4 is 9.80 Å². The number of carbonyl (C=O) groups excluding carboxylic acids is 1. The van der Waals surface area contributed by atoms with Crippen LogP contribution in [0.5, 0.6) is 0 Å². The molecule has 0 N–H and O–H groups in total. The Morgan fingerprint density at radius 2 is 1.85 bits per heavy atom. The van der Waals surface area contributed by atoms with E-state index in [-0.39, 0.29) is 5.91 Å². The van der Waals surface area contributed by atoms with Gasteiger partial charge in [-0.25, -0.2) is 9.97 Å². The predicted molar refractivity (Wildman–Crippen MR) is 105 cm³/mol. The number of anilines is 2. The summed E-state index contributed by atoms with van der Waals surface area (Å²) in [4.78, 5) is 27.6. The molecule has 0 unspecified atom stereocenters. The average Bonchev–Trinajstić information content (AvgIpc) is 2.67. The minimum atomic E-state index is 0.118. The Bertz CT molecular complexity index is 768. The molecule has 1 aliphatic heterocycles. The lowest BCUT2D eigenvalue weighted by atomic mass is 10.0. The Labute approximate surface area is 155 Å². The molecule has 1 amide bonds. The maximum absolute atomic E-state index is 12.8. The van der Waals surface area contributed by atoms with E-state index in [0.717, 1.165) is 48.7 Å². The molecule has 1 aromatic heterocycles. The lowest BCUT2D eigenvalue weighted by Gasteiger charge is -2.37. The van der Waals surface area contributed by atoms with Crippen LogP contribution in [0.2, 0.25) is 0 Å². The van der Waals surface area contributed by atoms with E-state index in [0.29, 0.717) is 6.04 Å². The molecule has 0 saturated carbocycles. The van der Waals surface area contributed by atoms with E-state index < -0.39 is 0 Å². The van der Waals surface area contributed by atoms with E-state index in [4.69, 9.17) is 0 Å². The van der Waals surface area contributed by atoms with Crippen molar-refractivity contribution in [3.05, 3.63) is 47.9 Å². The second kappa shape index (κ2) is 7.72. The normalized spacial score (nSPS) is 15.0. The third-order valence-electron chi connectivity index (χ3n) is 5.06. The van der Waals surface area contributed by atoms with Crippen molar-refractivity contribution < 1.29 is 4.79 Å². The topological polar surface area (TPSA) is 52.6 Å². The summed E-state index contributed by atoms with van der Waals surface area (Å²) in [5, 5.41) is 0. The molecule has 6 nitrogen and oxygen atoms in total. The van der Waals surface area contributed by atoms with Gasteiger partial charge in [0.1, 0.15) is 12.1 Å². The van der Waals surface area contributed by atoms with E-state index in [1.54, 1.807) is 6.33 Å². The fraction of sp³-hybridized carbons (Fsp3) is 0.450. The molecule has 0 aliphatic carbocycles. The highest BCUT2D eigenvalue weighted by Gasteiger charge is 2.26. The van der Waals surface area contributed by atoms with E-state index in [1.165, 1.54) is 0 Å². The minimum Gasteiger partial charge on any atom is -0.378 e. The fourth-order valence-electron chi connectivity index (χ4n) is 3.38. The molecule has 0 bridgehead atoms. The van der Waals surface area contributed by atoms with Crippen LogP contribution in [0.1, 0.15) is 28.9 Å². The van der Waals surface area contributed by atoms with Crippen molar-refractivity contribution in [2.75, 3.05) is 44.0 Å². The summed E-state index contributed by atoms with van der Waals surface area (Å²) in [7, 11) is 6.05. The molecule has 1 aliphatic rings. The van der Waals surface area contributed by atoms with Gasteiger partial charge in [-0.15, -0.1) is 0 Å². The lowest BCUT2D eigenvalue weighted by molar-refractivity contribution is 0.0713. The number of rotatable bonds is 4. The molecular weight excluding hydrogens is 326 g/mol. The van der Waals surface area contributed by atoms with Crippen LogP contribution in [-0.4, -0.2) is 61.0 Å². The standard InChI is InChI=1S/C20H27N5O/c1-15-12-19(22-14-21-15)24(4)17-8-10-25(11-9-17)20(26)16-6-5-7-18(13-16)23(2)3/h5-7,12-14,17H,8-11H2,1-4H3. The van der Waals surface area contributed by atoms with Crippen molar-refractivity contribution in [1.82, 2.24) is 14.9 Å². The molecule has 1 saturated heterocycles. The van der Waals surface area contributed by atoms with Crippen LogP contribution in [0.3, 0.4) is 0 Å². The molecule has 0 radical (unpaired) electrons. The van der Waals surface area contributed by atoms with Gasteiger partial charge in [0.15, 0.2) is 0 Å². The first-order valence-corrected chi connectivity index (χ1v) is 9.04. The summed E-state index contributed by atoms with van der Waals surface area (Å²) >= 11 is 0. The summed E-state index contributed by atoms with van der Waals surface area (Å²) in [5.74, 6) is 1.06. The summed E-state index contributed by atoms with van der Waals surface area (Å²) < 4.78 is 0. The smallest absolute Gasteiger partial charge is 0.253 e. The quantitative estimate of drug-likeness (QED) is 0.846. The molecular formula is C20H27N5O. The van der Waals surface area contributed by atoms with E-state index in [1.807, 2.05) is 61.2 Å². The zero-order valence-electron chi connectivity index (χ0n) is 16.0. The molecule has 1 fully saturated rings. The highest BCUT2D eigenvalue weighted by atomic mass is 16.2. The number of hydrogen-bond acceptors (Lipinski definition) is 5. The summed E-state index contributed by atoms with van der Waals surface area (Å²) in [6.07, 6.45) is 3.49. The van der Waals surface area contributed by atoms with E-state index in [2.05, 4.69) is 21.9 Å². The van der Waals surface area contributed by atoms with Crippen LogP contribution in [-0.2, 0) is 0 Å². The number of nitrogens with zero attached hydrogens (tertiary/aromatic N) is 5. The highest BCUT2D eigenvalue weighted by molar-refractivity contribution is 5.95. The Hall–Kier alpha value is -2.63. The molecule has 1 aromatic carbocycles. The van der Waals surface area contributed by atoms with Crippen molar-refractivity contribution in [2.45, 2.75) is 25.8 Å². The second-order valence-electron chi connectivity index (χ2n) is 7.10. The van der Waals surface area contributed by atoms with Crippen molar-refractivity contribution in [3.63, 3.8) is 0 Å². The Kier molecular flexibility index (Phi) is 5.40. The van der Waals surface area contributed by atoms with Gasteiger partial charge in [0.2, 0.25) is 0 Å². The number of hydrogen-bond donors (Lipinski definition) is 0. The zero-order chi connectivity index (χ0) is 18.7. The maximum Gasteiger partial charge on any atom is 0.253 e. The third kappa shape index (κ3) is 3.95. The van der Waals surface area contributed by atoms with Crippen molar-refractivity contribution in [1.29, 1.82) is 0 Å². The van der Waals surface area contributed by atoms with Gasteiger partial charge in [0.05, 0.1) is 0 Å². The first kappa shape index (κ1) is 18.2. The van der Waals surface area contributed by atoms with Crippen LogP contribution in [0.15, 0.2) is 36.7 Å². The number of carbonyl (C=O) groups is 1. The molecule has 2 aromatic rings. The number of likely N-dealkylation sites (tertiary alicyclic amines) is 1. The van der Waals surface area contributed by atoms with Crippen LogP contribution in [0, 0.1) is 6.92 Å². The molecule has 2 heterocycles. The van der Waals surface area contributed by atoms with Crippen LogP contribution >= 0.6 is 0 Å². The van der Waals surface area contributed by atoms with Gasteiger partial charge in [0.25, 0.3) is 5.91 Å². The average molecular weight is 353 g/mol. The van der Waals surface area contributed by atoms with Gasteiger partial charge < -0.3 is 14.7 Å². The van der Waals surface area contributed by atoms with Gasteiger partial charge in [0, 0.05) is 63.3 Å². The van der Waals surface area contributed by atoms with Gasteiger partial charge in [-0.1, -0.05) is 6.07 Å². The fourth-order valence-corrected chi connectivity index (χ4v) is 3.38. The zero-order valence-corrected chi connectivity index (χ0v) is 16.0. The van der Waals surface area contributed by atoms with Crippen molar-refractivity contribution >= 4 is 17.4 Å². The number of aryl methyl sites for hydroxylation is 1. The molecule has 0 spiro atoms. The maximum atomic E-state index is 12.8. The monoisotopic (exact) mass is 353 g/mol. The van der Waals surface area contributed by atoms with E-state index >= 15 is 0 Å². The van der Waals surface area contributed by atoms with Gasteiger partial charge in [-0.3, -0.25) is 4.79 Å². The number of piperidine rings is 1. The van der Waals surface area contributed by atoms with Crippen molar-refractivity contribution in [3.8, 4) is 0 Å². The first-order chi connectivity index (χ1) is 12.5. The summed E-state index contributed by atoms with van der Waals surface area (Å²) in [5.41, 5.74) is 2.77. The molecule has 6 heteroatoms. The number of aromatic nitrogens is 2. The van der Waals surface area contributed by atoms with Crippen LogP contribution in [0.25, 0.3) is 0 Å².